The van der Waals surface area contributed by atoms with Gasteiger partial charge in [0.05, 0.1) is 6.20 Å². The number of carbonyl (C=O) groups excluding carboxylic acids is 2. The Hall–Kier alpha value is -4.41. The van der Waals surface area contributed by atoms with Crippen molar-refractivity contribution in [2.24, 2.45) is 0 Å². The van der Waals surface area contributed by atoms with Crippen molar-refractivity contribution in [2.45, 2.75) is 37.8 Å². The van der Waals surface area contributed by atoms with E-state index in [-0.39, 0.29) is 30.3 Å². The highest BCUT2D eigenvalue weighted by Crippen LogP contribution is 2.37. The van der Waals surface area contributed by atoms with Crippen molar-refractivity contribution in [3.8, 4) is 28.9 Å². The predicted octanol–water partition coefficient (Wildman–Crippen LogP) is 4.06. The fraction of sp³-hybridized carbons (Fsp3) is 0.269. The summed E-state index contributed by atoms with van der Waals surface area (Å²) in [6.45, 7) is 0.0960. The summed E-state index contributed by atoms with van der Waals surface area (Å²) in [5.41, 5.74) is -0.463. The van der Waals surface area contributed by atoms with Crippen molar-refractivity contribution in [2.75, 3.05) is 6.79 Å². The van der Waals surface area contributed by atoms with E-state index >= 15 is 0 Å². The van der Waals surface area contributed by atoms with E-state index in [1.165, 1.54) is 12.1 Å². The van der Waals surface area contributed by atoms with Gasteiger partial charge in [-0.25, -0.2) is 13.8 Å². The summed E-state index contributed by atoms with van der Waals surface area (Å²) in [6.07, 6.45) is 3.06. The van der Waals surface area contributed by atoms with Crippen molar-refractivity contribution >= 4 is 11.8 Å². The summed E-state index contributed by atoms with van der Waals surface area (Å²) in [7, 11) is 0. The van der Waals surface area contributed by atoms with E-state index in [1.54, 1.807) is 18.2 Å². The number of phenolic OH excluding ortho intramolecular Hbond substituents is 1. The minimum Gasteiger partial charge on any atom is -0.507 e. The lowest BCUT2D eigenvalue weighted by Gasteiger charge is -2.30. The first-order valence-electron chi connectivity index (χ1n) is 11.7. The third-order valence-corrected chi connectivity index (χ3v) is 6.24. The fourth-order valence-electron chi connectivity index (χ4n) is 4.36. The summed E-state index contributed by atoms with van der Waals surface area (Å²) in [5, 5.41) is 15.4. The zero-order chi connectivity index (χ0) is 25.9. The standard InChI is InChI=1S/C26H23F2N3O6/c27-14-10-18(26(29-12-14)37-17-8-9-21-22(11-17)36-13-35-21)24(33)30-15-4-6-16(7-5-15)31-25(34)23-19(28)2-1-3-20(23)32/h1-3,8-12,15-16,32H,4-7,13H2,(H,30,33)(H,31,34). The molecule has 1 saturated carbocycles. The number of nitrogens with zero attached hydrogens (tertiary/aromatic N) is 1. The SMILES string of the molecule is O=C(NC1CCC(NC(=O)c2c(O)cccc2F)CC1)c1cc(F)cnc1Oc1ccc2c(c1)OCO2. The van der Waals surface area contributed by atoms with Gasteiger partial charge in [-0.2, -0.15) is 0 Å². The van der Waals surface area contributed by atoms with Crippen LogP contribution in [0.1, 0.15) is 46.4 Å². The van der Waals surface area contributed by atoms with Crippen LogP contribution in [0, 0.1) is 11.6 Å². The molecule has 0 bridgehead atoms. The van der Waals surface area contributed by atoms with Gasteiger partial charge in [0.15, 0.2) is 11.5 Å². The Morgan fingerprint density at radius 3 is 2.38 bits per heavy atom. The molecule has 9 nitrogen and oxygen atoms in total. The summed E-state index contributed by atoms with van der Waals surface area (Å²) < 4.78 is 44.3. The van der Waals surface area contributed by atoms with E-state index in [0.29, 0.717) is 42.9 Å². The molecular formula is C26H23F2N3O6. The first kappa shape index (κ1) is 24.3. The molecule has 37 heavy (non-hydrogen) atoms. The van der Waals surface area contributed by atoms with Crippen molar-refractivity contribution in [3.05, 3.63) is 71.4 Å². The van der Waals surface area contributed by atoms with Crippen LogP contribution in [-0.2, 0) is 0 Å². The Balaban J connectivity index is 1.20. The predicted molar refractivity (Wildman–Crippen MR) is 126 cm³/mol. The number of benzene rings is 2. The zero-order valence-corrected chi connectivity index (χ0v) is 19.5. The van der Waals surface area contributed by atoms with Gasteiger partial charge in [0.1, 0.15) is 34.3 Å². The van der Waals surface area contributed by atoms with Crippen LogP contribution in [-0.4, -0.2) is 40.8 Å². The van der Waals surface area contributed by atoms with Crippen LogP contribution in [0.2, 0.25) is 0 Å². The van der Waals surface area contributed by atoms with E-state index in [9.17, 15) is 23.5 Å². The molecule has 3 aromatic rings. The maximum Gasteiger partial charge on any atom is 0.258 e. The van der Waals surface area contributed by atoms with Gasteiger partial charge in [-0.05, 0) is 56.0 Å². The molecule has 11 heteroatoms. The molecule has 3 N–H and O–H groups in total. The van der Waals surface area contributed by atoms with Crippen molar-refractivity contribution in [1.82, 2.24) is 15.6 Å². The summed E-state index contributed by atoms with van der Waals surface area (Å²) in [6, 6.07) is 9.11. The topological polar surface area (TPSA) is 119 Å². The summed E-state index contributed by atoms with van der Waals surface area (Å²) >= 11 is 0. The number of aromatic nitrogens is 1. The van der Waals surface area contributed by atoms with Crippen LogP contribution >= 0.6 is 0 Å². The van der Waals surface area contributed by atoms with E-state index in [4.69, 9.17) is 14.2 Å². The fourth-order valence-corrected chi connectivity index (χ4v) is 4.36. The lowest BCUT2D eigenvalue weighted by atomic mass is 9.90. The number of ether oxygens (including phenoxy) is 3. The maximum atomic E-state index is 14.0. The van der Waals surface area contributed by atoms with Crippen LogP contribution < -0.4 is 24.8 Å². The minimum atomic E-state index is -0.805. The number of fused-ring (bicyclic) bond motifs is 1. The van der Waals surface area contributed by atoms with Gasteiger partial charge < -0.3 is 30.0 Å². The molecule has 2 aliphatic rings. The Bertz CT molecular complexity index is 1320. The van der Waals surface area contributed by atoms with Gasteiger partial charge in [0, 0.05) is 18.2 Å². The molecule has 1 aromatic heterocycles. The Morgan fingerprint density at radius 1 is 0.946 bits per heavy atom. The van der Waals surface area contributed by atoms with Crippen molar-refractivity contribution in [3.63, 3.8) is 0 Å². The van der Waals surface area contributed by atoms with Crippen molar-refractivity contribution < 1.29 is 37.7 Å². The second-order valence-electron chi connectivity index (χ2n) is 8.75. The highest BCUT2D eigenvalue weighted by atomic mass is 19.1. The van der Waals surface area contributed by atoms with Gasteiger partial charge in [-0.15, -0.1) is 0 Å². The van der Waals surface area contributed by atoms with Crippen LogP contribution in [0.5, 0.6) is 28.9 Å². The first-order valence-corrected chi connectivity index (χ1v) is 11.7. The normalized spacial score (nSPS) is 18.2. The first-order chi connectivity index (χ1) is 17.9. The Kier molecular flexibility index (Phi) is 6.76. The number of aromatic hydroxyl groups is 1. The highest BCUT2D eigenvalue weighted by Gasteiger charge is 2.27. The third kappa shape index (κ3) is 5.40. The molecule has 1 aliphatic heterocycles. The molecule has 0 spiro atoms. The average molecular weight is 511 g/mol. The van der Waals surface area contributed by atoms with Crippen LogP contribution in [0.4, 0.5) is 8.78 Å². The number of nitrogens with one attached hydrogen (secondary N) is 2. The van der Waals surface area contributed by atoms with Gasteiger partial charge in [0.2, 0.25) is 12.7 Å². The van der Waals surface area contributed by atoms with Gasteiger partial charge in [-0.3, -0.25) is 9.59 Å². The maximum absolute atomic E-state index is 14.0. The molecule has 0 saturated heterocycles. The van der Waals surface area contributed by atoms with E-state index in [2.05, 4.69) is 15.6 Å². The Morgan fingerprint density at radius 2 is 1.65 bits per heavy atom. The molecule has 192 valence electrons. The molecule has 1 fully saturated rings. The summed E-state index contributed by atoms with van der Waals surface area (Å²) in [4.78, 5) is 29.4. The second kappa shape index (κ2) is 10.3. The quantitative estimate of drug-likeness (QED) is 0.457. The van der Waals surface area contributed by atoms with Gasteiger partial charge in [-0.1, -0.05) is 6.07 Å². The van der Waals surface area contributed by atoms with E-state index in [0.717, 1.165) is 18.3 Å². The number of hydrogen-bond acceptors (Lipinski definition) is 7. The average Bonchev–Trinajstić information content (AvgIpc) is 3.34. The molecule has 2 aromatic carbocycles. The molecule has 0 unspecified atom stereocenters. The molecule has 5 rings (SSSR count). The van der Waals surface area contributed by atoms with Crippen LogP contribution in [0.3, 0.4) is 0 Å². The third-order valence-electron chi connectivity index (χ3n) is 6.24. The molecular weight excluding hydrogens is 488 g/mol. The number of pyridine rings is 1. The Labute approximate surface area is 210 Å². The van der Waals surface area contributed by atoms with E-state index < -0.39 is 34.8 Å². The number of halogens is 2. The number of rotatable bonds is 6. The zero-order valence-electron chi connectivity index (χ0n) is 19.5. The number of amides is 2. The number of carbonyl (C=O) groups is 2. The minimum absolute atomic E-state index is 0.0663. The van der Waals surface area contributed by atoms with Crippen LogP contribution in [0.15, 0.2) is 48.7 Å². The molecule has 1 aliphatic carbocycles. The van der Waals surface area contributed by atoms with Crippen molar-refractivity contribution in [1.29, 1.82) is 0 Å². The number of hydrogen-bond donors (Lipinski definition) is 3. The molecule has 2 heterocycles. The second-order valence-corrected chi connectivity index (χ2v) is 8.75. The van der Waals surface area contributed by atoms with Gasteiger partial charge in [0.25, 0.3) is 11.8 Å². The van der Waals surface area contributed by atoms with Gasteiger partial charge >= 0.3 is 0 Å². The smallest absolute Gasteiger partial charge is 0.258 e. The molecule has 0 atom stereocenters. The molecule has 0 radical (unpaired) electrons. The highest BCUT2D eigenvalue weighted by molar-refractivity contribution is 5.97. The monoisotopic (exact) mass is 511 g/mol. The van der Waals surface area contributed by atoms with E-state index in [1.807, 2.05) is 0 Å². The summed E-state index contributed by atoms with van der Waals surface area (Å²) in [5.74, 6) is -1.84. The van der Waals surface area contributed by atoms with Crippen LogP contribution in [0.25, 0.3) is 0 Å². The lowest BCUT2D eigenvalue weighted by molar-refractivity contribution is 0.0886. The largest absolute Gasteiger partial charge is 0.507 e. The number of phenols is 1. The molecule has 2 amide bonds. The lowest BCUT2D eigenvalue weighted by Crippen LogP contribution is -2.44.